The van der Waals surface area contributed by atoms with Gasteiger partial charge in [0, 0.05) is 99.8 Å². The van der Waals surface area contributed by atoms with Gasteiger partial charge in [0.1, 0.15) is 0 Å². The average Bonchev–Trinajstić information content (AvgIpc) is 3.62. The molecule has 14 heteroatoms. The van der Waals surface area contributed by atoms with E-state index in [-0.39, 0.29) is 29.7 Å². The SMILES string of the molecule is COc1nc(-c2ccnc(-c3cccc(Nc4nccc(CNC5CCN(C(C)=O)CC5)c4F)c3Cl)c2Cl)ccc1CN[C@H]1CCN(C(C)=O)C1. The number of halogens is 3. The van der Waals surface area contributed by atoms with Gasteiger partial charge in [-0.1, -0.05) is 41.4 Å². The quantitative estimate of drug-likeness (QED) is 0.165. The van der Waals surface area contributed by atoms with Gasteiger partial charge < -0.3 is 30.5 Å². The van der Waals surface area contributed by atoms with E-state index in [9.17, 15) is 9.59 Å². The molecule has 2 saturated heterocycles. The lowest BCUT2D eigenvalue weighted by atomic mass is 10.0. The van der Waals surface area contributed by atoms with Gasteiger partial charge in [-0.05, 0) is 43.5 Å². The molecule has 4 aromatic rings. The van der Waals surface area contributed by atoms with Crippen molar-refractivity contribution in [2.75, 3.05) is 38.6 Å². The second-order valence-corrected chi connectivity index (χ2v) is 13.6. The maximum atomic E-state index is 15.7. The second kappa shape index (κ2) is 16.3. The van der Waals surface area contributed by atoms with Crippen LogP contribution in [0.25, 0.3) is 22.5 Å². The zero-order valence-corrected chi connectivity index (χ0v) is 30.3. The Kier molecular flexibility index (Phi) is 11.7. The summed E-state index contributed by atoms with van der Waals surface area (Å²) in [6.07, 6.45) is 5.71. The molecule has 0 saturated carbocycles. The highest BCUT2D eigenvalue weighted by Gasteiger charge is 2.25. The smallest absolute Gasteiger partial charge is 0.219 e. The topological polar surface area (TPSA) is 125 Å². The number of benzene rings is 1. The number of aromatic nitrogens is 3. The van der Waals surface area contributed by atoms with Gasteiger partial charge in [-0.2, -0.15) is 0 Å². The number of nitrogens with zero attached hydrogens (tertiary/aromatic N) is 5. The van der Waals surface area contributed by atoms with Crippen molar-refractivity contribution in [1.82, 2.24) is 35.4 Å². The highest BCUT2D eigenvalue weighted by atomic mass is 35.5. The van der Waals surface area contributed by atoms with Gasteiger partial charge in [-0.25, -0.2) is 14.4 Å². The maximum absolute atomic E-state index is 15.7. The number of likely N-dealkylation sites (tertiary alicyclic amines) is 2. The third-order valence-electron chi connectivity index (χ3n) is 9.51. The van der Waals surface area contributed by atoms with Gasteiger partial charge >= 0.3 is 0 Å². The molecule has 6 rings (SSSR count). The molecule has 3 N–H and O–H groups in total. The number of pyridine rings is 3. The number of hydrogen-bond acceptors (Lipinski definition) is 9. The van der Waals surface area contributed by atoms with Crippen molar-refractivity contribution in [1.29, 1.82) is 0 Å². The number of carbonyl (C=O) groups excluding carboxylic acids is 2. The molecule has 11 nitrogen and oxygen atoms in total. The first kappa shape index (κ1) is 36.4. The van der Waals surface area contributed by atoms with Crippen molar-refractivity contribution in [3.63, 3.8) is 0 Å². The molecule has 0 unspecified atom stereocenters. The van der Waals surface area contributed by atoms with Crippen LogP contribution in [0.3, 0.4) is 0 Å². The first-order valence-electron chi connectivity index (χ1n) is 17.0. The van der Waals surface area contributed by atoms with E-state index in [0.29, 0.717) is 82.4 Å². The van der Waals surface area contributed by atoms with E-state index < -0.39 is 5.82 Å². The van der Waals surface area contributed by atoms with Crippen molar-refractivity contribution in [3.05, 3.63) is 81.8 Å². The van der Waals surface area contributed by atoms with Crippen molar-refractivity contribution in [2.24, 2.45) is 0 Å². The van der Waals surface area contributed by atoms with Crippen molar-refractivity contribution < 1.29 is 18.7 Å². The molecule has 1 aromatic carbocycles. The van der Waals surface area contributed by atoms with E-state index in [2.05, 4.69) is 25.9 Å². The highest BCUT2D eigenvalue weighted by molar-refractivity contribution is 6.39. The molecule has 2 amide bonds. The van der Waals surface area contributed by atoms with Gasteiger partial charge in [-0.15, -0.1) is 0 Å². The third-order valence-corrected chi connectivity index (χ3v) is 10.3. The fourth-order valence-corrected chi connectivity index (χ4v) is 7.10. The average molecular weight is 736 g/mol. The molecule has 1 atom stereocenters. The predicted molar refractivity (Wildman–Crippen MR) is 197 cm³/mol. The molecule has 2 fully saturated rings. The number of ether oxygens (including phenoxy) is 1. The standard InChI is InChI=1S/C37H41Cl2FN8O3/c1-22(49)47-16-11-26(12-17-47)43-19-24-9-14-42-36(34(24)40)45-31-6-4-5-29(32(31)38)35-33(39)28(10-15-41-35)30-8-7-25(37(46-30)51-3)20-44-27-13-18-48(21-27)23(2)50/h4-10,14-15,26-27,43-44H,11-13,16-21H2,1-3H3,(H,42,45)/t27-/m0/s1. The molecule has 2 aliphatic heterocycles. The number of amides is 2. The number of piperidine rings is 1. The number of rotatable bonds is 11. The number of carbonyl (C=O) groups is 2. The highest BCUT2D eigenvalue weighted by Crippen LogP contribution is 2.41. The fourth-order valence-electron chi connectivity index (χ4n) is 6.53. The minimum atomic E-state index is -0.481. The molecule has 0 bridgehead atoms. The zero-order chi connectivity index (χ0) is 36.1. The van der Waals surface area contributed by atoms with Crippen LogP contribution in [-0.4, -0.2) is 81.9 Å². The Morgan fingerprint density at radius 3 is 2.25 bits per heavy atom. The number of nitrogens with one attached hydrogen (secondary N) is 3. The summed E-state index contributed by atoms with van der Waals surface area (Å²) in [5.41, 5.74) is 4.01. The Bertz CT molecular complexity index is 1910. The van der Waals surface area contributed by atoms with E-state index in [1.807, 2.05) is 21.9 Å². The first-order chi connectivity index (χ1) is 24.6. The molecule has 268 valence electrons. The first-order valence-corrected chi connectivity index (χ1v) is 17.7. The molecule has 5 heterocycles. The van der Waals surface area contributed by atoms with Gasteiger partial charge in [0.2, 0.25) is 17.7 Å². The third kappa shape index (κ3) is 8.41. The van der Waals surface area contributed by atoms with Crippen LogP contribution in [0.2, 0.25) is 10.0 Å². The number of methoxy groups -OCH3 is 1. The van der Waals surface area contributed by atoms with E-state index >= 15 is 4.39 Å². The molecule has 0 radical (unpaired) electrons. The van der Waals surface area contributed by atoms with Gasteiger partial charge in [0.25, 0.3) is 0 Å². The summed E-state index contributed by atoms with van der Waals surface area (Å²) in [4.78, 5) is 40.6. The zero-order valence-electron chi connectivity index (χ0n) is 28.8. The summed E-state index contributed by atoms with van der Waals surface area (Å²) in [7, 11) is 1.57. The Hall–Kier alpha value is -4.36. The minimum absolute atomic E-state index is 0.0440. The molecule has 3 aromatic heterocycles. The predicted octanol–water partition coefficient (Wildman–Crippen LogP) is 6.21. The normalized spacial score (nSPS) is 16.4. The Labute approximate surface area is 306 Å². The van der Waals surface area contributed by atoms with Crippen LogP contribution in [0.15, 0.2) is 54.9 Å². The summed E-state index contributed by atoms with van der Waals surface area (Å²) in [5.74, 6) is 0.189. The van der Waals surface area contributed by atoms with Crippen LogP contribution >= 0.6 is 23.2 Å². The lowest BCUT2D eigenvalue weighted by Crippen LogP contribution is -2.44. The summed E-state index contributed by atoms with van der Waals surface area (Å²) in [6, 6.07) is 13.0. The summed E-state index contributed by atoms with van der Waals surface area (Å²) < 4.78 is 21.3. The van der Waals surface area contributed by atoms with Crippen LogP contribution in [-0.2, 0) is 22.7 Å². The van der Waals surface area contributed by atoms with Crippen LogP contribution in [0.5, 0.6) is 5.88 Å². The number of hydrogen-bond donors (Lipinski definition) is 3. The Morgan fingerprint density at radius 2 is 1.53 bits per heavy atom. The molecule has 2 aliphatic rings. The van der Waals surface area contributed by atoms with Crippen LogP contribution < -0.4 is 20.7 Å². The monoisotopic (exact) mass is 734 g/mol. The van der Waals surface area contributed by atoms with Crippen molar-refractivity contribution >= 4 is 46.5 Å². The molecule has 0 aliphatic carbocycles. The molecular weight excluding hydrogens is 694 g/mol. The fraction of sp³-hybridized carbons (Fsp3) is 0.378. The Balaban J connectivity index is 1.16. The van der Waals surface area contributed by atoms with Crippen LogP contribution in [0, 0.1) is 5.82 Å². The van der Waals surface area contributed by atoms with Gasteiger partial charge in [0.05, 0.1) is 34.2 Å². The van der Waals surface area contributed by atoms with Crippen molar-refractivity contribution in [3.8, 4) is 28.4 Å². The maximum Gasteiger partial charge on any atom is 0.219 e. The summed E-state index contributed by atoms with van der Waals surface area (Å²) in [6.45, 7) is 6.83. The van der Waals surface area contributed by atoms with E-state index in [0.717, 1.165) is 31.4 Å². The molecular formula is C37H41Cl2FN8O3. The summed E-state index contributed by atoms with van der Waals surface area (Å²) >= 11 is 13.9. The Morgan fingerprint density at radius 1 is 0.843 bits per heavy atom. The minimum Gasteiger partial charge on any atom is -0.481 e. The second-order valence-electron chi connectivity index (χ2n) is 12.8. The molecule has 51 heavy (non-hydrogen) atoms. The van der Waals surface area contributed by atoms with Crippen molar-refractivity contribution in [2.45, 2.75) is 58.3 Å². The largest absolute Gasteiger partial charge is 0.481 e. The number of anilines is 2. The lowest BCUT2D eigenvalue weighted by Gasteiger charge is -2.31. The summed E-state index contributed by atoms with van der Waals surface area (Å²) in [5, 5.41) is 10.6. The van der Waals surface area contributed by atoms with Crippen LogP contribution in [0.4, 0.5) is 15.9 Å². The van der Waals surface area contributed by atoms with E-state index in [1.165, 1.54) is 0 Å². The van der Waals surface area contributed by atoms with E-state index in [4.69, 9.17) is 32.9 Å². The van der Waals surface area contributed by atoms with Gasteiger partial charge in [-0.3, -0.25) is 14.6 Å². The van der Waals surface area contributed by atoms with Gasteiger partial charge in [0.15, 0.2) is 11.6 Å². The van der Waals surface area contributed by atoms with E-state index in [1.54, 1.807) is 63.7 Å². The molecule has 0 spiro atoms. The lowest BCUT2D eigenvalue weighted by molar-refractivity contribution is -0.130. The van der Waals surface area contributed by atoms with Crippen LogP contribution in [0.1, 0.15) is 44.2 Å².